The lowest BCUT2D eigenvalue weighted by molar-refractivity contribution is -0.130. The normalized spacial score (nSPS) is 28.0. The van der Waals surface area contributed by atoms with Crippen molar-refractivity contribution in [1.82, 2.24) is 15.1 Å². The number of likely N-dealkylation sites (tertiary alicyclic amines) is 1. The average molecular weight is 309 g/mol. The van der Waals surface area contributed by atoms with Crippen LogP contribution < -0.4 is 5.32 Å². The molecule has 0 aromatic heterocycles. The lowest BCUT2D eigenvalue weighted by atomic mass is 10.1. The number of rotatable bonds is 5. The van der Waals surface area contributed by atoms with Crippen molar-refractivity contribution in [3.8, 4) is 0 Å². The van der Waals surface area contributed by atoms with E-state index in [9.17, 15) is 9.59 Å². The fraction of sp³-hybridized carbons (Fsp3) is 0.875. The Hall–Kier alpha value is -1.30. The summed E-state index contributed by atoms with van der Waals surface area (Å²) in [5.74, 6) is 0.586. The second-order valence-corrected chi connectivity index (χ2v) is 6.81. The quantitative estimate of drug-likeness (QED) is 0.830. The van der Waals surface area contributed by atoms with Crippen LogP contribution in [0.1, 0.15) is 39.0 Å². The highest BCUT2D eigenvalue weighted by atomic mass is 16.5. The first kappa shape index (κ1) is 15.6. The van der Waals surface area contributed by atoms with Crippen LogP contribution >= 0.6 is 0 Å². The van der Waals surface area contributed by atoms with Crippen molar-refractivity contribution in [3.63, 3.8) is 0 Å². The summed E-state index contributed by atoms with van der Waals surface area (Å²) in [5.41, 5.74) is 0. The Kier molecular flexibility index (Phi) is 4.86. The van der Waals surface area contributed by atoms with Gasteiger partial charge >= 0.3 is 6.03 Å². The Balaban J connectivity index is 1.50. The number of carbonyl (C=O) groups is 2. The standard InChI is InChI=1S/C16H27N3O3/c1-12(20)19(14-4-5-14)10-15-3-2-7-18(15)16(21)17-9-13-6-8-22-11-13/h13-15H,2-11H2,1H3,(H,17,21)/t13-,15-/m0/s1. The third-order valence-corrected chi connectivity index (χ3v) is 5.00. The molecule has 3 rings (SSSR count). The predicted molar refractivity (Wildman–Crippen MR) is 82.5 cm³/mol. The lowest BCUT2D eigenvalue weighted by Crippen LogP contribution is -2.49. The van der Waals surface area contributed by atoms with E-state index in [1.165, 1.54) is 0 Å². The van der Waals surface area contributed by atoms with Gasteiger partial charge in [-0.15, -0.1) is 0 Å². The summed E-state index contributed by atoms with van der Waals surface area (Å²) in [6.45, 7) is 5.39. The van der Waals surface area contributed by atoms with Gasteiger partial charge < -0.3 is 19.9 Å². The van der Waals surface area contributed by atoms with E-state index in [2.05, 4.69) is 5.32 Å². The third-order valence-electron chi connectivity index (χ3n) is 5.00. The first-order valence-electron chi connectivity index (χ1n) is 8.54. The van der Waals surface area contributed by atoms with Crippen molar-refractivity contribution in [2.24, 2.45) is 5.92 Å². The monoisotopic (exact) mass is 309 g/mol. The van der Waals surface area contributed by atoms with Crippen molar-refractivity contribution < 1.29 is 14.3 Å². The van der Waals surface area contributed by atoms with Crippen LogP contribution in [-0.4, -0.2) is 66.7 Å². The van der Waals surface area contributed by atoms with Gasteiger partial charge in [-0.25, -0.2) is 4.79 Å². The number of nitrogens with zero attached hydrogens (tertiary/aromatic N) is 2. The Bertz CT molecular complexity index is 419. The Morgan fingerprint density at radius 3 is 2.73 bits per heavy atom. The molecule has 3 fully saturated rings. The summed E-state index contributed by atoms with van der Waals surface area (Å²) in [6, 6.07) is 0.608. The van der Waals surface area contributed by atoms with E-state index in [1.807, 2.05) is 9.80 Å². The van der Waals surface area contributed by atoms with Gasteiger partial charge in [0.15, 0.2) is 0 Å². The van der Waals surface area contributed by atoms with Crippen molar-refractivity contribution >= 4 is 11.9 Å². The molecule has 22 heavy (non-hydrogen) atoms. The van der Waals surface area contributed by atoms with Gasteiger partial charge in [0, 0.05) is 45.1 Å². The van der Waals surface area contributed by atoms with Gasteiger partial charge in [0.2, 0.25) is 5.91 Å². The molecule has 2 atom stereocenters. The van der Waals surface area contributed by atoms with Crippen molar-refractivity contribution in [2.75, 3.05) is 32.8 Å². The maximum absolute atomic E-state index is 12.4. The molecular formula is C16H27N3O3. The molecular weight excluding hydrogens is 282 g/mol. The summed E-state index contributed by atoms with van der Waals surface area (Å²) < 4.78 is 5.34. The fourth-order valence-corrected chi connectivity index (χ4v) is 3.52. The van der Waals surface area contributed by atoms with Gasteiger partial charge in [0.25, 0.3) is 0 Å². The molecule has 124 valence electrons. The Morgan fingerprint density at radius 2 is 2.09 bits per heavy atom. The number of amides is 3. The van der Waals surface area contributed by atoms with Crippen LogP contribution in [0, 0.1) is 5.92 Å². The first-order valence-corrected chi connectivity index (χ1v) is 8.54. The number of carbonyl (C=O) groups excluding carboxylic acids is 2. The van der Waals surface area contributed by atoms with Gasteiger partial charge in [0.1, 0.15) is 0 Å². The highest BCUT2D eigenvalue weighted by Crippen LogP contribution is 2.29. The van der Waals surface area contributed by atoms with E-state index >= 15 is 0 Å². The molecule has 3 aliphatic rings. The van der Waals surface area contributed by atoms with Crippen molar-refractivity contribution in [3.05, 3.63) is 0 Å². The van der Waals surface area contributed by atoms with Gasteiger partial charge in [0.05, 0.1) is 12.6 Å². The van der Waals surface area contributed by atoms with E-state index in [4.69, 9.17) is 4.74 Å². The van der Waals surface area contributed by atoms with Crippen LogP contribution in [0.15, 0.2) is 0 Å². The number of urea groups is 1. The second kappa shape index (κ2) is 6.86. The molecule has 2 saturated heterocycles. The first-order chi connectivity index (χ1) is 10.6. The van der Waals surface area contributed by atoms with Crippen LogP contribution in [0.3, 0.4) is 0 Å². The van der Waals surface area contributed by atoms with E-state index in [1.54, 1.807) is 6.92 Å². The Labute approximate surface area is 132 Å². The van der Waals surface area contributed by atoms with Crippen LogP contribution in [0.4, 0.5) is 4.79 Å². The van der Waals surface area contributed by atoms with E-state index in [0.29, 0.717) is 25.0 Å². The predicted octanol–water partition coefficient (Wildman–Crippen LogP) is 1.21. The van der Waals surface area contributed by atoms with Gasteiger partial charge in [-0.3, -0.25) is 4.79 Å². The molecule has 0 radical (unpaired) electrons. The summed E-state index contributed by atoms with van der Waals surface area (Å²) in [5, 5.41) is 3.05. The molecule has 1 aliphatic carbocycles. The lowest BCUT2D eigenvalue weighted by Gasteiger charge is -2.30. The van der Waals surface area contributed by atoms with E-state index < -0.39 is 0 Å². The summed E-state index contributed by atoms with van der Waals surface area (Å²) in [7, 11) is 0. The molecule has 6 heteroatoms. The van der Waals surface area contributed by atoms with Gasteiger partial charge in [-0.1, -0.05) is 0 Å². The van der Waals surface area contributed by atoms with Gasteiger partial charge in [-0.2, -0.15) is 0 Å². The molecule has 0 aromatic rings. The van der Waals surface area contributed by atoms with Crippen LogP contribution in [0.25, 0.3) is 0 Å². The molecule has 0 aromatic carbocycles. The summed E-state index contributed by atoms with van der Waals surface area (Å²) in [4.78, 5) is 28.1. The Morgan fingerprint density at radius 1 is 1.27 bits per heavy atom. The van der Waals surface area contributed by atoms with Crippen molar-refractivity contribution in [1.29, 1.82) is 0 Å². The highest BCUT2D eigenvalue weighted by molar-refractivity contribution is 5.76. The topological polar surface area (TPSA) is 61.9 Å². The highest BCUT2D eigenvalue weighted by Gasteiger charge is 2.36. The van der Waals surface area contributed by atoms with Gasteiger partial charge in [-0.05, 0) is 32.1 Å². The zero-order chi connectivity index (χ0) is 15.5. The molecule has 2 aliphatic heterocycles. The molecule has 3 amide bonds. The number of ether oxygens (including phenoxy) is 1. The summed E-state index contributed by atoms with van der Waals surface area (Å²) in [6.07, 6.45) is 5.28. The molecule has 1 saturated carbocycles. The number of nitrogens with one attached hydrogen (secondary N) is 1. The minimum absolute atomic E-state index is 0.0219. The zero-order valence-electron chi connectivity index (χ0n) is 13.4. The molecule has 6 nitrogen and oxygen atoms in total. The number of hydrogen-bond acceptors (Lipinski definition) is 3. The maximum Gasteiger partial charge on any atom is 0.317 e. The molecule has 0 bridgehead atoms. The van der Waals surface area contributed by atoms with Crippen LogP contribution in [0.2, 0.25) is 0 Å². The maximum atomic E-state index is 12.4. The largest absolute Gasteiger partial charge is 0.381 e. The zero-order valence-corrected chi connectivity index (χ0v) is 13.4. The van der Waals surface area contributed by atoms with E-state index in [-0.39, 0.29) is 18.0 Å². The second-order valence-electron chi connectivity index (χ2n) is 6.81. The molecule has 0 unspecified atom stereocenters. The molecule has 1 N–H and O–H groups in total. The third kappa shape index (κ3) is 3.72. The minimum Gasteiger partial charge on any atom is -0.381 e. The van der Waals surface area contributed by atoms with Crippen LogP contribution in [0.5, 0.6) is 0 Å². The number of hydrogen-bond donors (Lipinski definition) is 1. The molecule has 0 spiro atoms. The fourth-order valence-electron chi connectivity index (χ4n) is 3.52. The van der Waals surface area contributed by atoms with Crippen molar-refractivity contribution in [2.45, 2.75) is 51.1 Å². The average Bonchev–Trinajstić information content (AvgIpc) is 3.02. The SMILES string of the molecule is CC(=O)N(C[C@@H]1CCCN1C(=O)NC[C@@H]1CCOC1)C1CC1. The molecule has 2 heterocycles. The smallest absolute Gasteiger partial charge is 0.317 e. The minimum atomic E-state index is 0.0219. The summed E-state index contributed by atoms with van der Waals surface area (Å²) >= 11 is 0. The van der Waals surface area contributed by atoms with Crippen LogP contribution in [-0.2, 0) is 9.53 Å². The van der Waals surface area contributed by atoms with E-state index in [0.717, 1.165) is 51.9 Å².